The summed E-state index contributed by atoms with van der Waals surface area (Å²) in [6.45, 7) is 1.57. The molecule has 0 aliphatic carbocycles. The van der Waals surface area contributed by atoms with Crippen molar-refractivity contribution in [2.75, 3.05) is 12.3 Å². The minimum Gasteiger partial charge on any atom is -0.477 e. The van der Waals surface area contributed by atoms with Crippen molar-refractivity contribution in [3.05, 3.63) is 10.6 Å². The predicted octanol–water partition coefficient (Wildman–Crippen LogP) is -0.828. The molecule has 0 saturated carbocycles. The highest BCUT2D eigenvalue weighted by molar-refractivity contribution is 7.89. The van der Waals surface area contributed by atoms with Crippen molar-refractivity contribution in [3.8, 4) is 0 Å². The first kappa shape index (κ1) is 13.7. The topological polar surface area (TPSA) is 104 Å². The van der Waals surface area contributed by atoms with Gasteiger partial charge in [0.2, 0.25) is 11.8 Å². The van der Waals surface area contributed by atoms with E-state index in [0.29, 0.717) is 17.7 Å². The molecule has 7 nitrogen and oxygen atoms in total. The van der Waals surface area contributed by atoms with Crippen LogP contribution in [0.3, 0.4) is 0 Å². The van der Waals surface area contributed by atoms with Gasteiger partial charge in [0.05, 0.1) is 16.8 Å². The standard InChI is InChI=1S/C11H14N2O5S/c1-6(14)12-2-3-19(18)8-4-7-5-9(15)13(7)10(8)11(16)17/h7H,2-5H2,1H3,(H,12,14)(H,16,17). The first-order valence-electron chi connectivity index (χ1n) is 5.83. The minimum atomic E-state index is -1.49. The lowest BCUT2D eigenvalue weighted by Gasteiger charge is -2.34. The van der Waals surface area contributed by atoms with Crippen LogP contribution in [0.5, 0.6) is 0 Å². The molecule has 0 bridgehead atoms. The molecule has 0 radical (unpaired) electrons. The monoisotopic (exact) mass is 286 g/mol. The molecule has 2 aliphatic heterocycles. The van der Waals surface area contributed by atoms with Crippen LogP contribution < -0.4 is 5.32 Å². The molecule has 0 aromatic heterocycles. The Hall–Kier alpha value is -1.70. The molecule has 2 unspecified atom stereocenters. The van der Waals surface area contributed by atoms with Crippen molar-refractivity contribution < 1.29 is 23.7 Å². The van der Waals surface area contributed by atoms with Crippen LogP contribution in [0.2, 0.25) is 0 Å². The van der Waals surface area contributed by atoms with Gasteiger partial charge in [0, 0.05) is 37.0 Å². The number of β-lactam (4-membered cyclic amide) rings is 1. The average molecular weight is 286 g/mol. The SMILES string of the molecule is CC(=O)NCCS(=O)C1=C(C(=O)O)N2C(=O)CC2C1. The number of aliphatic carboxylic acids is 1. The maximum atomic E-state index is 12.1. The van der Waals surface area contributed by atoms with Crippen LogP contribution in [-0.2, 0) is 25.2 Å². The molecular formula is C11H14N2O5S. The van der Waals surface area contributed by atoms with Gasteiger partial charge in [-0.25, -0.2) is 4.79 Å². The summed E-state index contributed by atoms with van der Waals surface area (Å²) in [6, 6.07) is -0.154. The summed E-state index contributed by atoms with van der Waals surface area (Å²) in [6.07, 6.45) is 0.656. The van der Waals surface area contributed by atoms with Gasteiger partial charge in [-0.3, -0.25) is 13.8 Å². The first-order valence-corrected chi connectivity index (χ1v) is 7.15. The van der Waals surface area contributed by atoms with E-state index in [9.17, 15) is 18.6 Å². The smallest absolute Gasteiger partial charge is 0.353 e. The third-order valence-electron chi connectivity index (χ3n) is 3.11. The Labute approximate surface area is 112 Å². The molecule has 104 valence electrons. The second kappa shape index (κ2) is 5.12. The molecule has 2 N–H and O–H groups in total. The number of fused-ring (bicyclic) bond motifs is 1. The molecule has 2 atom stereocenters. The fraction of sp³-hybridized carbons (Fsp3) is 0.545. The van der Waals surface area contributed by atoms with E-state index in [2.05, 4.69) is 5.32 Å². The van der Waals surface area contributed by atoms with E-state index in [4.69, 9.17) is 5.11 Å². The van der Waals surface area contributed by atoms with Crippen LogP contribution in [-0.4, -0.2) is 50.3 Å². The van der Waals surface area contributed by atoms with Crippen molar-refractivity contribution in [2.24, 2.45) is 0 Å². The van der Waals surface area contributed by atoms with E-state index < -0.39 is 16.8 Å². The summed E-state index contributed by atoms with van der Waals surface area (Å²) in [7, 11) is -1.49. The molecule has 2 rings (SSSR count). The zero-order chi connectivity index (χ0) is 14.2. The van der Waals surface area contributed by atoms with Crippen molar-refractivity contribution >= 4 is 28.6 Å². The number of hydrogen-bond acceptors (Lipinski definition) is 4. The highest BCUT2D eigenvalue weighted by Crippen LogP contribution is 2.39. The second-order valence-electron chi connectivity index (χ2n) is 4.44. The highest BCUT2D eigenvalue weighted by atomic mass is 32.2. The van der Waals surface area contributed by atoms with Gasteiger partial charge < -0.3 is 15.3 Å². The van der Waals surface area contributed by atoms with Gasteiger partial charge in [0.25, 0.3) is 0 Å². The molecule has 2 aliphatic rings. The Bertz CT molecular complexity index is 513. The number of carbonyl (C=O) groups excluding carboxylic acids is 2. The third kappa shape index (κ3) is 2.53. The number of nitrogens with zero attached hydrogens (tertiary/aromatic N) is 1. The number of carbonyl (C=O) groups is 3. The zero-order valence-corrected chi connectivity index (χ0v) is 11.2. The summed E-state index contributed by atoms with van der Waals surface area (Å²) >= 11 is 0. The fourth-order valence-electron chi connectivity index (χ4n) is 2.26. The summed E-state index contributed by atoms with van der Waals surface area (Å²) < 4.78 is 12.1. The molecule has 1 saturated heterocycles. The largest absolute Gasteiger partial charge is 0.477 e. The van der Waals surface area contributed by atoms with E-state index in [-0.39, 0.29) is 35.9 Å². The molecule has 19 heavy (non-hydrogen) atoms. The third-order valence-corrected chi connectivity index (χ3v) is 4.59. The maximum absolute atomic E-state index is 12.1. The van der Waals surface area contributed by atoms with E-state index in [1.54, 1.807) is 0 Å². The normalized spacial score (nSPS) is 22.9. The Morgan fingerprint density at radius 2 is 2.16 bits per heavy atom. The molecule has 1 fully saturated rings. The van der Waals surface area contributed by atoms with Crippen molar-refractivity contribution in [2.45, 2.75) is 25.8 Å². The van der Waals surface area contributed by atoms with Crippen LogP contribution in [0, 0.1) is 0 Å². The van der Waals surface area contributed by atoms with Gasteiger partial charge >= 0.3 is 5.97 Å². The van der Waals surface area contributed by atoms with Crippen LogP contribution in [0.15, 0.2) is 10.6 Å². The lowest BCUT2D eigenvalue weighted by molar-refractivity contribution is -0.147. The van der Waals surface area contributed by atoms with E-state index >= 15 is 0 Å². The van der Waals surface area contributed by atoms with Crippen LogP contribution >= 0.6 is 0 Å². The quantitative estimate of drug-likeness (QED) is 0.642. The highest BCUT2D eigenvalue weighted by Gasteiger charge is 2.48. The zero-order valence-electron chi connectivity index (χ0n) is 10.3. The molecule has 8 heteroatoms. The molecular weight excluding hydrogens is 272 g/mol. The maximum Gasteiger partial charge on any atom is 0.353 e. The number of amides is 2. The molecule has 0 spiro atoms. The van der Waals surface area contributed by atoms with Crippen molar-refractivity contribution in [3.63, 3.8) is 0 Å². The number of carboxylic acids is 1. The summed E-state index contributed by atoms with van der Waals surface area (Å²) in [5.74, 6) is -1.54. The number of rotatable bonds is 5. The molecule has 2 heterocycles. The Morgan fingerprint density at radius 3 is 2.68 bits per heavy atom. The van der Waals surface area contributed by atoms with Crippen LogP contribution in [0.1, 0.15) is 19.8 Å². The van der Waals surface area contributed by atoms with Gasteiger partial charge in [-0.2, -0.15) is 0 Å². The van der Waals surface area contributed by atoms with Gasteiger partial charge in [0.1, 0.15) is 5.70 Å². The summed E-state index contributed by atoms with van der Waals surface area (Å²) in [5, 5.41) is 11.6. The van der Waals surface area contributed by atoms with E-state index in [0.717, 1.165) is 0 Å². The Kier molecular flexibility index (Phi) is 3.70. The Morgan fingerprint density at radius 1 is 1.47 bits per heavy atom. The number of nitrogens with one attached hydrogen (secondary N) is 1. The average Bonchev–Trinajstić information content (AvgIpc) is 2.61. The van der Waals surface area contributed by atoms with Gasteiger partial charge in [-0.05, 0) is 0 Å². The predicted molar refractivity (Wildman–Crippen MR) is 66.2 cm³/mol. The summed E-state index contributed by atoms with van der Waals surface area (Å²) in [5.41, 5.74) is -0.137. The number of carboxylic acid groups (broad SMARTS) is 1. The van der Waals surface area contributed by atoms with Crippen LogP contribution in [0.4, 0.5) is 0 Å². The minimum absolute atomic E-state index is 0.137. The first-order chi connectivity index (χ1) is 8.91. The van der Waals surface area contributed by atoms with E-state index in [1.807, 2.05) is 0 Å². The summed E-state index contributed by atoms with van der Waals surface area (Å²) in [4.78, 5) is 34.8. The van der Waals surface area contributed by atoms with Crippen LogP contribution in [0.25, 0.3) is 0 Å². The van der Waals surface area contributed by atoms with Crippen molar-refractivity contribution in [1.82, 2.24) is 10.2 Å². The van der Waals surface area contributed by atoms with Gasteiger partial charge in [-0.1, -0.05) is 0 Å². The molecule has 0 aromatic rings. The van der Waals surface area contributed by atoms with Gasteiger partial charge in [-0.15, -0.1) is 0 Å². The second-order valence-corrected chi connectivity index (χ2v) is 6.03. The molecule has 0 aromatic carbocycles. The lowest BCUT2D eigenvalue weighted by atomic mass is 10.0. The molecule has 2 amide bonds. The van der Waals surface area contributed by atoms with Crippen molar-refractivity contribution in [1.29, 1.82) is 0 Å². The Balaban J connectivity index is 2.10. The fourth-order valence-corrected chi connectivity index (χ4v) is 3.58. The lowest BCUT2D eigenvalue weighted by Crippen LogP contribution is -2.49. The van der Waals surface area contributed by atoms with Gasteiger partial charge in [0.15, 0.2) is 0 Å². The number of hydrogen-bond donors (Lipinski definition) is 2. The van der Waals surface area contributed by atoms with E-state index in [1.165, 1.54) is 11.8 Å².